The number of nitrogens with zero attached hydrogens (tertiary/aromatic N) is 1. The van der Waals surface area contributed by atoms with Crippen molar-refractivity contribution in [1.82, 2.24) is 10.2 Å². The lowest BCUT2D eigenvalue weighted by molar-refractivity contribution is -0.139. The number of aliphatic hydroxyl groups is 1. The van der Waals surface area contributed by atoms with Crippen LogP contribution >= 0.6 is 0 Å². The van der Waals surface area contributed by atoms with Gasteiger partial charge in [0.05, 0.1) is 0 Å². The van der Waals surface area contributed by atoms with Crippen LogP contribution in [0.5, 0.6) is 0 Å². The summed E-state index contributed by atoms with van der Waals surface area (Å²) in [6, 6.07) is -1.11. The van der Waals surface area contributed by atoms with Crippen LogP contribution < -0.4 is 5.32 Å². The number of carbonyl (C=O) groups is 2. The molecule has 1 aliphatic carbocycles. The van der Waals surface area contributed by atoms with Gasteiger partial charge in [-0.05, 0) is 19.8 Å². The molecule has 6 heteroatoms. The Hall–Kier alpha value is -1.30. The van der Waals surface area contributed by atoms with Gasteiger partial charge in [-0.15, -0.1) is 0 Å². The van der Waals surface area contributed by atoms with Crippen LogP contribution in [0.25, 0.3) is 0 Å². The van der Waals surface area contributed by atoms with E-state index in [-0.39, 0.29) is 25.1 Å². The number of nitrogens with one attached hydrogen (secondary N) is 1. The molecule has 0 saturated heterocycles. The van der Waals surface area contributed by atoms with Crippen LogP contribution in [0.4, 0.5) is 4.79 Å². The SMILES string of the molecule is CCN(C(=O)N[C@@H](CCO)C(=O)O)C1CC1. The zero-order valence-corrected chi connectivity index (χ0v) is 9.35. The molecular formula is C10H18N2O4. The van der Waals surface area contributed by atoms with E-state index in [0.717, 1.165) is 12.8 Å². The number of aliphatic carboxylic acids is 1. The fraction of sp³-hybridized carbons (Fsp3) is 0.800. The van der Waals surface area contributed by atoms with Crippen molar-refractivity contribution < 1.29 is 19.8 Å². The van der Waals surface area contributed by atoms with Crippen molar-refractivity contribution in [3.63, 3.8) is 0 Å². The maximum Gasteiger partial charge on any atom is 0.326 e. The standard InChI is InChI=1S/C10H18N2O4/c1-2-12(7-3-4-7)10(16)11-8(5-6-13)9(14)15/h7-8,13H,2-6H2,1H3,(H,11,16)(H,14,15)/t8-/m0/s1. The van der Waals surface area contributed by atoms with Gasteiger partial charge in [0.2, 0.25) is 0 Å². The van der Waals surface area contributed by atoms with Gasteiger partial charge in [-0.3, -0.25) is 0 Å². The number of rotatable bonds is 6. The Kier molecular flexibility index (Phi) is 4.54. The van der Waals surface area contributed by atoms with Gasteiger partial charge in [0.1, 0.15) is 6.04 Å². The van der Waals surface area contributed by atoms with E-state index < -0.39 is 12.0 Å². The quantitative estimate of drug-likeness (QED) is 0.600. The van der Waals surface area contributed by atoms with E-state index in [2.05, 4.69) is 5.32 Å². The molecule has 0 unspecified atom stereocenters. The minimum Gasteiger partial charge on any atom is -0.480 e. The van der Waals surface area contributed by atoms with E-state index in [0.29, 0.717) is 6.54 Å². The van der Waals surface area contributed by atoms with Crippen molar-refractivity contribution in [3.05, 3.63) is 0 Å². The van der Waals surface area contributed by atoms with Gasteiger partial charge in [0.25, 0.3) is 0 Å². The molecule has 1 fully saturated rings. The minimum absolute atomic E-state index is 0.0310. The molecule has 2 amide bonds. The Balaban J connectivity index is 2.48. The summed E-state index contributed by atoms with van der Waals surface area (Å²) >= 11 is 0. The third-order valence-electron chi connectivity index (χ3n) is 2.60. The molecule has 0 radical (unpaired) electrons. The zero-order chi connectivity index (χ0) is 12.1. The second-order valence-corrected chi connectivity index (χ2v) is 3.87. The molecule has 92 valence electrons. The molecule has 1 saturated carbocycles. The summed E-state index contributed by atoms with van der Waals surface area (Å²) in [5.74, 6) is -1.12. The smallest absolute Gasteiger partial charge is 0.326 e. The van der Waals surface area contributed by atoms with Crippen LogP contribution in [0.1, 0.15) is 26.2 Å². The lowest BCUT2D eigenvalue weighted by Crippen LogP contribution is -2.49. The highest BCUT2D eigenvalue weighted by atomic mass is 16.4. The molecule has 3 N–H and O–H groups in total. The summed E-state index contributed by atoms with van der Waals surface area (Å²) in [6.07, 6.45) is 2.00. The number of aliphatic hydroxyl groups excluding tert-OH is 1. The van der Waals surface area contributed by atoms with Gasteiger partial charge in [0, 0.05) is 25.6 Å². The number of hydrogen-bond donors (Lipinski definition) is 3. The first-order chi connectivity index (χ1) is 7.60. The van der Waals surface area contributed by atoms with Crippen LogP contribution in [0.3, 0.4) is 0 Å². The average Bonchev–Trinajstić information content (AvgIpc) is 3.02. The monoisotopic (exact) mass is 230 g/mol. The number of carboxylic acids is 1. The lowest BCUT2D eigenvalue weighted by atomic mass is 10.2. The van der Waals surface area contributed by atoms with E-state index in [1.165, 1.54) is 0 Å². The molecule has 1 atom stereocenters. The Bertz CT molecular complexity index is 266. The summed E-state index contributed by atoms with van der Waals surface area (Å²) in [5.41, 5.74) is 0. The molecule has 1 aliphatic rings. The molecule has 0 aromatic heterocycles. The number of urea groups is 1. The first kappa shape index (κ1) is 12.8. The largest absolute Gasteiger partial charge is 0.480 e. The molecule has 0 aromatic carbocycles. The molecule has 0 heterocycles. The van der Waals surface area contributed by atoms with Gasteiger partial charge >= 0.3 is 12.0 Å². The number of carbonyl (C=O) groups excluding carboxylic acids is 1. The van der Waals surface area contributed by atoms with Crippen molar-refractivity contribution in [2.45, 2.75) is 38.3 Å². The van der Waals surface area contributed by atoms with Gasteiger partial charge in [0.15, 0.2) is 0 Å². The van der Waals surface area contributed by atoms with Crippen molar-refractivity contribution in [3.8, 4) is 0 Å². The lowest BCUT2D eigenvalue weighted by Gasteiger charge is -2.23. The van der Waals surface area contributed by atoms with E-state index in [1.807, 2.05) is 6.92 Å². The highest BCUT2D eigenvalue weighted by molar-refractivity contribution is 5.82. The molecule has 0 spiro atoms. The summed E-state index contributed by atoms with van der Waals surface area (Å²) in [5, 5.41) is 19.9. The van der Waals surface area contributed by atoms with Gasteiger partial charge in [-0.25, -0.2) is 9.59 Å². The number of amides is 2. The molecule has 16 heavy (non-hydrogen) atoms. The van der Waals surface area contributed by atoms with Gasteiger partial charge < -0.3 is 20.4 Å². The highest BCUT2D eigenvalue weighted by Gasteiger charge is 2.32. The Morgan fingerprint density at radius 3 is 2.50 bits per heavy atom. The molecule has 0 aliphatic heterocycles. The maximum atomic E-state index is 11.7. The van der Waals surface area contributed by atoms with E-state index in [4.69, 9.17) is 10.2 Å². The van der Waals surface area contributed by atoms with Crippen LogP contribution in [0, 0.1) is 0 Å². The Morgan fingerprint density at radius 2 is 2.12 bits per heavy atom. The second kappa shape index (κ2) is 5.69. The van der Waals surface area contributed by atoms with Crippen molar-refractivity contribution >= 4 is 12.0 Å². The predicted octanol–water partition coefficient (Wildman–Crippen LogP) is 0.0159. The fourth-order valence-corrected chi connectivity index (χ4v) is 1.57. The first-order valence-electron chi connectivity index (χ1n) is 5.51. The van der Waals surface area contributed by atoms with E-state index in [9.17, 15) is 9.59 Å². The summed E-state index contributed by atoms with van der Waals surface area (Å²) in [7, 11) is 0. The third kappa shape index (κ3) is 3.37. The Labute approximate surface area is 94.2 Å². The van der Waals surface area contributed by atoms with Crippen LogP contribution in [-0.2, 0) is 4.79 Å². The second-order valence-electron chi connectivity index (χ2n) is 3.87. The van der Waals surface area contributed by atoms with E-state index >= 15 is 0 Å². The van der Waals surface area contributed by atoms with Crippen LogP contribution in [-0.4, -0.2) is 52.3 Å². The molecule has 0 aromatic rings. The van der Waals surface area contributed by atoms with Gasteiger partial charge in [-0.2, -0.15) is 0 Å². The van der Waals surface area contributed by atoms with Crippen molar-refractivity contribution in [2.75, 3.05) is 13.2 Å². The van der Waals surface area contributed by atoms with E-state index in [1.54, 1.807) is 4.90 Å². The van der Waals surface area contributed by atoms with Crippen LogP contribution in [0.2, 0.25) is 0 Å². The van der Waals surface area contributed by atoms with Crippen LogP contribution in [0.15, 0.2) is 0 Å². The van der Waals surface area contributed by atoms with Crippen molar-refractivity contribution in [2.24, 2.45) is 0 Å². The maximum absolute atomic E-state index is 11.7. The first-order valence-corrected chi connectivity index (χ1v) is 5.51. The molecule has 1 rings (SSSR count). The fourth-order valence-electron chi connectivity index (χ4n) is 1.57. The predicted molar refractivity (Wildman–Crippen MR) is 57.1 cm³/mol. The highest BCUT2D eigenvalue weighted by Crippen LogP contribution is 2.26. The zero-order valence-electron chi connectivity index (χ0n) is 9.35. The Morgan fingerprint density at radius 1 is 1.50 bits per heavy atom. The molecule has 6 nitrogen and oxygen atoms in total. The average molecular weight is 230 g/mol. The van der Waals surface area contributed by atoms with Crippen molar-refractivity contribution in [1.29, 1.82) is 0 Å². The summed E-state index contributed by atoms with van der Waals surface area (Å²) in [6.45, 7) is 2.18. The third-order valence-corrected chi connectivity index (χ3v) is 2.60. The normalized spacial score (nSPS) is 16.6. The number of hydrogen-bond acceptors (Lipinski definition) is 3. The molecular weight excluding hydrogens is 212 g/mol. The topological polar surface area (TPSA) is 89.9 Å². The number of carboxylic acid groups (broad SMARTS) is 1. The summed E-state index contributed by atoms with van der Waals surface area (Å²) < 4.78 is 0. The molecule has 0 bridgehead atoms. The summed E-state index contributed by atoms with van der Waals surface area (Å²) in [4.78, 5) is 24.1. The van der Waals surface area contributed by atoms with Gasteiger partial charge in [-0.1, -0.05) is 0 Å². The minimum atomic E-state index is -1.12.